The maximum absolute atomic E-state index is 12.7. The molecular weight excluding hydrogens is 235 g/mol. The summed E-state index contributed by atoms with van der Waals surface area (Å²) in [5, 5.41) is 15.3. The zero-order chi connectivity index (χ0) is 13.0. The van der Waals surface area contributed by atoms with E-state index in [2.05, 4.69) is 25.7 Å². The highest BCUT2D eigenvalue weighted by atomic mass is 19.1. The van der Waals surface area contributed by atoms with E-state index >= 15 is 0 Å². The Morgan fingerprint density at radius 2 is 2.28 bits per heavy atom. The zero-order valence-electron chi connectivity index (χ0n) is 10.3. The summed E-state index contributed by atoms with van der Waals surface area (Å²) in [5.41, 5.74) is 0.513. The quantitative estimate of drug-likeness (QED) is 0.852. The van der Waals surface area contributed by atoms with E-state index in [0.29, 0.717) is 18.1 Å². The Kier molecular flexibility index (Phi) is 3.93. The molecule has 0 spiro atoms. The molecule has 2 aromatic rings. The number of halogens is 1. The average molecular weight is 250 g/mol. The highest BCUT2D eigenvalue weighted by Gasteiger charge is 2.09. The van der Waals surface area contributed by atoms with Crippen LogP contribution in [0, 0.1) is 5.82 Å². The van der Waals surface area contributed by atoms with E-state index in [-0.39, 0.29) is 11.9 Å². The van der Waals surface area contributed by atoms with Gasteiger partial charge in [0.2, 0.25) is 5.82 Å². The van der Waals surface area contributed by atoms with Gasteiger partial charge in [0, 0.05) is 6.04 Å². The van der Waals surface area contributed by atoms with Gasteiger partial charge in [0.05, 0.1) is 12.7 Å². The molecule has 0 saturated carbocycles. The lowest BCUT2D eigenvalue weighted by Gasteiger charge is -2.09. The molecule has 6 nitrogen and oxygen atoms in total. The number of aromatic nitrogens is 5. The van der Waals surface area contributed by atoms with Crippen LogP contribution in [0.15, 0.2) is 18.3 Å². The summed E-state index contributed by atoms with van der Waals surface area (Å²) in [6, 6.07) is 3.12. The topological polar surface area (TPSA) is 68.5 Å². The van der Waals surface area contributed by atoms with Crippen LogP contribution in [0.4, 0.5) is 4.39 Å². The minimum Gasteiger partial charge on any atom is -0.313 e. The molecule has 0 aromatic carbocycles. The van der Waals surface area contributed by atoms with Crippen molar-refractivity contribution in [3.63, 3.8) is 0 Å². The van der Waals surface area contributed by atoms with Crippen molar-refractivity contribution in [3.8, 4) is 11.5 Å². The van der Waals surface area contributed by atoms with Gasteiger partial charge in [-0.15, -0.1) is 10.2 Å². The van der Waals surface area contributed by atoms with Gasteiger partial charge < -0.3 is 5.32 Å². The molecule has 2 aromatic heterocycles. The Bertz CT molecular complexity index is 494. The number of hydrogen-bond donors (Lipinski definition) is 1. The molecule has 1 N–H and O–H groups in total. The number of hydrogen-bond acceptors (Lipinski definition) is 5. The Hall–Kier alpha value is -1.89. The normalized spacial score (nSPS) is 12.6. The van der Waals surface area contributed by atoms with Crippen LogP contribution in [0.1, 0.15) is 13.8 Å². The second-order valence-electron chi connectivity index (χ2n) is 3.99. The van der Waals surface area contributed by atoms with Crippen LogP contribution >= 0.6 is 0 Å². The van der Waals surface area contributed by atoms with E-state index in [1.807, 2.05) is 13.8 Å². The van der Waals surface area contributed by atoms with Crippen molar-refractivity contribution in [3.05, 3.63) is 24.1 Å². The van der Waals surface area contributed by atoms with E-state index in [0.717, 1.165) is 12.7 Å². The summed E-state index contributed by atoms with van der Waals surface area (Å²) >= 11 is 0. The van der Waals surface area contributed by atoms with Crippen LogP contribution in [0.2, 0.25) is 0 Å². The summed E-state index contributed by atoms with van der Waals surface area (Å²) in [5.74, 6) is 0.0191. The molecule has 0 aliphatic carbocycles. The smallest absolute Gasteiger partial charge is 0.223 e. The number of pyridine rings is 1. The fourth-order valence-electron chi connectivity index (χ4n) is 1.59. The van der Waals surface area contributed by atoms with Crippen molar-refractivity contribution in [2.24, 2.45) is 0 Å². The molecule has 2 heterocycles. The zero-order valence-corrected chi connectivity index (χ0v) is 10.3. The van der Waals surface area contributed by atoms with Gasteiger partial charge in [-0.05, 0) is 30.8 Å². The first-order chi connectivity index (χ1) is 8.69. The van der Waals surface area contributed by atoms with Gasteiger partial charge in [-0.2, -0.15) is 4.80 Å². The van der Waals surface area contributed by atoms with E-state index in [4.69, 9.17) is 0 Å². The predicted octanol–water partition coefficient (Wildman–Crippen LogP) is 0.872. The number of likely N-dealkylation sites (N-methyl/N-ethyl adjacent to an activating group) is 1. The lowest BCUT2D eigenvalue weighted by molar-refractivity contribution is 0.420. The summed E-state index contributed by atoms with van der Waals surface area (Å²) in [7, 11) is 0. The highest BCUT2D eigenvalue weighted by molar-refractivity contribution is 5.46. The third-order valence-corrected chi connectivity index (χ3v) is 2.40. The molecule has 0 unspecified atom stereocenters. The lowest BCUT2D eigenvalue weighted by Crippen LogP contribution is -2.30. The molecule has 0 aliphatic rings. The summed E-state index contributed by atoms with van der Waals surface area (Å²) in [6.07, 6.45) is 1.14. The first kappa shape index (κ1) is 12.6. The molecule has 0 bridgehead atoms. The maximum Gasteiger partial charge on any atom is 0.223 e. The molecule has 0 amide bonds. The fourth-order valence-corrected chi connectivity index (χ4v) is 1.59. The summed E-state index contributed by atoms with van der Waals surface area (Å²) in [4.78, 5) is 5.42. The third-order valence-electron chi connectivity index (χ3n) is 2.40. The molecule has 96 valence electrons. The Labute approximate surface area is 104 Å². The molecule has 0 saturated heterocycles. The van der Waals surface area contributed by atoms with E-state index in [1.54, 1.807) is 0 Å². The van der Waals surface area contributed by atoms with Gasteiger partial charge in [0.25, 0.3) is 0 Å². The molecule has 0 fully saturated rings. The molecule has 18 heavy (non-hydrogen) atoms. The number of nitrogens with zero attached hydrogens (tertiary/aromatic N) is 5. The number of nitrogens with one attached hydrogen (secondary N) is 1. The van der Waals surface area contributed by atoms with Crippen LogP contribution in [0.5, 0.6) is 0 Å². The lowest BCUT2D eigenvalue weighted by atomic mass is 10.3. The van der Waals surface area contributed by atoms with Crippen molar-refractivity contribution >= 4 is 0 Å². The number of rotatable bonds is 5. The summed E-state index contributed by atoms with van der Waals surface area (Å²) in [6.45, 7) is 5.60. The first-order valence-electron chi connectivity index (χ1n) is 5.82. The summed E-state index contributed by atoms with van der Waals surface area (Å²) < 4.78 is 12.7. The largest absolute Gasteiger partial charge is 0.313 e. The fraction of sp³-hybridized carbons (Fsp3) is 0.455. The molecule has 2 rings (SSSR count). The van der Waals surface area contributed by atoms with Crippen LogP contribution in [0.25, 0.3) is 11.5 Å². The minimum atomic E-state index is -0.382. The van der Waals surface area contributed by atoms with Gasteiger partial charge in [0.15, 0.2) is 0 Å². The van der Waals surface area contributed by atoms with Crippen LogP contribution in [-0.4, -0.2) is 37.8 Å². The van der Waals surface area contributed by atoms with Gasteiger partial charge in [0.1, 0.15) is 11.5 Å². The first-order valence-corrected chi connectivity index (χ1v) is 5.82. The average Bonchev–Trinajstić information content (AvgIpc) is 2.78. The SMILES string of the molecule is CCN[C@@H](C)Cn1nnc(-c2ccc(F)cn2)n1. The molecular formula is C11H15FN6. The minimum absolute atomic E-state index is 0.262. The van der Waals surface area contributed by atoms with Gasteiger partial charge in [-0.3, -0.25) is 0 Å². The van der Waals surface area contributed by atoms with Crippen molar-refractivity contribution in [2.45, 2.75) is 26.4 Å². The van der Waals surface area contributed by atoms with Gasteiger partial charge in [-0.25, -0.2) is 9.37 Å². The van der Waals surface area contributed by atoms with E-state index in [1.165, 1.54) is 16.9 Å². The number of tetrazole rings is 1. The Morgan fingerprint density at radius 1 is 1.44 bits per heavy atom. The van der Waals surface area contributed by atoms with Crippen molar-refractivity contribution in [2.75, 3.05) is 6.54 Å². The van der Waals surface area contributed by atoms with Gasteiger partial charge >= 0.3 is 0 Å². The maximum atomic E-state index is 12.7. The highest BCUT2D eigenvalue weighted by Crippen LogP contribution is 2.09. The third kappa shape index (κ3) is 3.07. The van der Waals surface area contributed by atoms with Crippen LogP contribution in [0.3, 0.4) is 0 Å². The van der Waals surface area contributed by atoms with E-state index < -0.39 is 0 Å². The van der Waals surface area contributed by atoms with Gasteiger partial charge in [-0.1, -0.05) is 6.92 Å². The van der Waals surface area contributed by atoms with Crippen molar-refractivity contribution in [1.82, 2.24) is 30.5 Å². The molecule has 7 heteroatoms. The predicted molar refractivity (Wildman–Crippen MR) is 64.1 cm³/mol. The van der Waals surface area contributed by atoms with Crippen LogP contribution < -0.4 is 5.32 Å². The molecule has 1 atom stereocenters. The Balaban J connectivity index is 2.08. The Morgan fingerprint density at radius 3 is 2.94 bits per heavy atom. The van der Waals surface area contributed by atoms with Crippen molar-refractivity contribution < 1.29 is 4.39 Å². The molecule has 0 radical (unpaired) electrons. The van der Waals surface area contributed by atoms with Crippen LogP contribution in [-0.2, 0) is 6.54 Å². The molecule has 0 aliphatic heterocycles. The monoisotopic (exact) mass is 250 g/mol. The standard InChI is InChI=1S/C11H15FN6/c1-3-13-8(2)7-18-16-11(15-17-18)10-5-4-9(12)6-14-10/h4-6,8,13H,3,7H2,1-2H3/t8-/m0/s1. The van der Waals surface area contributed by atoms with Crippen molar-refractivity contribution in [1.29, 1.82) is 0 Å². The second kappa shape index (κ2) is 5.63. The van der Waals surface area contributed by atoms with E-state index in [9.17, 15) is 4.39 Å². The second-order valence-corrected chi connectivity index (χ2v) is 3.99.